The van der Waals surface area contributed by atoms with E-state index < -0.39 is 5.60 Å². The van der Waals surface area contributed by atoms with Crippen molar-refractivity contribution in [1.82, 2.24) is 9.78 Å². The van der Waals surface area contributed by atoms with Crippen molar-refractivity contribution in [3.8, 4) is 6.07 Å². The Labute approximate surface area is 120 Å². The van der Waals surface area contributed by atoms with Crippen LogP contribution in [0.4, 0.5) is 0 Å². The lowest BCUT2D eigenvalue weighted by molar-refractivity contribution is 0.0909. The molecule has 1 N–H and O–H groups in total. The summed E-state index contributed by atoms with van der Waals surface area (Å²) in [5, 5.41) is 24.0. The minimum absolute atomic E-state index is 0.525. The van der Waals surface area contributed by atoms with Crippen molar-refractivity contribution >= 4 is 15.9 Å². The Hall–Kier alpha value is -1.64. The van der Waals surface area contributed by atoms with Gasteiger partial charge in [-0.15, -0.1) is 0 Å². The van der Waals surface area contributed by atoms with Crippen LogP contribution < -0.4 is 0 Å². The van der Waals surface area contributed by atoms with Gasteiger partial charge in [0.25, 0.3) is 0 Å². The number of nitrogens with zero attached hydrogens (tertiary/aromatic N) is 3. The Bertz CT molecular complexity index is 640. The minimum atomic E-state index is -1.21. The van der Waals surface area contributed by atoms with Gasteiger partial charge in [0.2, 0.25) is 0 Å². The lowest BCUT2D eigenvalue weighted by Crippen LogP contribution is -2.27. The second-order valence-corrected chi connectivity index (χ2v) is 5.28. The van der Waals surface area contributed by atoms with Gasteiger partial charge in [-0.3, -0.25) is 4.68 Å². The van der Waals surface area contributed by atoms with Crippen LogP contribution in [0.25, 0.3) is 0 Å². The van der Waals surface area contributed by atoms with E-state index in [0.29, 0.717) is 23.4 Å². The summed E-state index contributed by atoms with van der Waals surface area (Å²) in [6.45, 7) is 4.33. The topological polar surface area (TPSA) is 61.8 Å². The van der Waals surface area contributed by atoms with Crippen molar-refractivity contribution in [2.45, 2.75) is 26.0 Å². The summed E-state index contributed by atoms with van der Waals surface area (Å²) in [6, 6.07) is 9.06. The second-order valence-electron chi connectivity index (χ2n) is 4.42. The van der Waals surface area contributed by atoms with Crippen LogP contribution in [0.15, 0.2) is 34.9 Å². The summed E-state index contributed by atoms with van der Waals surface area (Å²) in [4.78, 5) is 0. The molecule has 1 heterocycles. The largest absolute Gasteiger partial charge is 0.379 e. The third-order valence-corrected chi connectivity index (χ3v) is 3.69. The highest BCUT2D eigenvalue weighted by Gasteiger charge is 2.32. The first-order valence-electron chi connectivity index (χ1n) is 5.95. The van der Waals surface area contributed by atoms with E-state index >= 15 is 0 Å². The highest BCUT2D eigenvalue weighted by atomic mass is 79.9. The molecule has 5 heteroatoms. The molecule has 0 spiro atoms. The number of aryl methyl sites for hydroxylation is 1. The summed E-state index contributed by atoms with van der Waals surface area (Å²) in [7, 11) is 0. The smallest absolute Gasteiger partial charge is 0.129 e. The van der Waals surface area contributed by atoms with E-state index in [2.05, 4.69) is 27.1 Å². The van der Waals surface area contributed by atoms with Gasteiger partial charge in [0.05, 0.1) is 28.0 Å². The number of rotatable bonds is 3. The normalized spacial score (nSPS) is 13.8. The fraction of sp³-hybridized carbons (Fsp3) is 0.286. The van der Waals surface area contributed by atoms with Crippen LogP contribution in [0.3, 0.4) is 0 Å². The monoisotopic (exact) mass is 319 g/mol. The molecule has 0 aliphatic heterocycles. The van der Waals surface area contributed by atoms with Crippen molar-refractivity contribution < 1.29 is 5.11 Å². The number of aromatic nitrogens is 2. The molecule has 1 aromatic carbocycles. The van der Waals surface area contributed by atoms with Crippen molar-refractivity contribution in [2.75, 3.05) is 0 Å². The minimum Gasteiger partial charge on any atom is -0.379 e. The molecule has 0 aliphatic carbocycles. The molecule has 0 bridgehead atoms. The summed E-state index contributed by atoms with van der Waals surface area (Å²) in [5.41, 5.74) is 0.669. The lowest BCUT2D eigenvalue weighted by atomic mass is 9.91. The molecule has 1 aromatic heterocycles. The summed E-state index contributed by atoms with van der Waals surface area (Å²) < 4.78 is 2.49. The first-order chi connectivity index (χ1) is 9.00. The molecule has 2 rings (SSSR count). The standard InChI is InChI=1S/C14H14BrN3O/c1-3-18-13(12(15)9-17-18)14(2,19)11-6-4-5-10(7-11)8-16/h4-7,9,19H,3H2,1-2H3. The van der Waals surface area contributed by atoms with E-state index in [4.69, 9.17) is 5.26 Å². The van der Waals surface area contributed by atoms with Crippen molar-refractivity contribution in [1.29, 1.82) is 5.26 Å². The highest BCUT2D eigenvalue weighted by Crippen LogP contribution is 2.34. The predicted octanol–water partition coefficient (Wildman–Crippen LogP) is 2.79. The third kappa shape index (κ3) is 2.42. The van der Waals surface area contributed by atoms with E-state index in [9.17, 15) is 5.11 Å². The molecule has 1 atom stereocenters. The lowest BCUT2D eigenvalue weighted by Gasteiger charge is -2.25. The van der Waals surface area contributed by atoms with Gasteiger partial charge in [-0.05, 0) is 47.5 Å². The van der Waals surface area contributed by atoms with Crippen LogP contribution in [0.5, 0.6) is 0 Å². The molecule has 19 heavy (non-hydrogen) atoms. The van der Waals surface area contributed by atoms with Gasteiger partial charge in [-0.2, -0.15) is 10.4 Å². The number of benzene rings is 1. The zero-order valence-corrected chi connectivity index (χ0v) is 12.3. The fourth-order valence-corrected chi connectivity index (χ4v) is 2.80. The summed E-state index contributed by atoms with van der Waals surface area (Å²) >= 11 is 3.42. The quantitative estimate of drug-likeness (QED) is 0.946. The number of halogens is 1. The van der Waals surface area contributed by atoms with Gasteiger partial charge in [-0.1, -0.05) is 12.1 Å². The van der Waals surface area contributed by atoms with E-state index in [1.54, 1.807) is 42.1 Å². The average Bonchev–Trinajstić information content (AvgIpc) is 2.80. The fourth-order valence-electron chi connectivity index (χ4n) is 2.11. The molecule has 0 radical (unpaired) electrons. The first kappa shape index (κ1) is 13.8. The molecule has 0 aliphatic rings. The van der Waals surface area contributed by atoms with Crippen LogP contribution in [0, 0.1) is 11.3 Å². The SMILES string of the molecule is CCn1ncc(Br)c1C(C)(O)c1cccc(C#N)c1. The van der Waals surface area contributed by atoms with Crippen LogP contribution in [0.2, 0.25) is 0 Å². The van der Waals surface area contributed by atoms with Gasteiger partial charge in [-0.25, -0.2) is 0 Å². The molecule has 0 saturated carbocycles. The Morgan fingerprint density at radius 2 is 2.26 bits per heavy atom. The van der Waals surface area contributed by atoms with Crippen LogP contribution in [0.1, 0.15) is 30.7 Å². The number of hydrogen-bond acceptors (Lipinski definition) is 3. The van der Waals surface area contributed by atoms with Crippen LogP contribution in [-0.2, 0) is 12.1 Å². The van der Waals surface area contributed by atoms with E-state index in [0.717, 1.165) is 4.47 Å². The maximum absolute atomic E-state index is 10.9. The van der Waals surface area contributed by atoms with E-state index in [1.807, 2.05) is 6.92 Å². The second kappa shape index (κ2) is 5.16. The molecule has 0 saturated heterocycles. The molecule has 98 valence electrons. The van der Waals surface area contributed by atoms with Gasteiger partial charge in [0.1, 0.15) is 5.60 Å². The number of hydrogen-bond donors (Lipinski definition) is 1. The van der Waals surface area contributed by atoms with E-state index in [-0.39, 0.29) is 0 Å². The van der Waals surface area contributed by atoms with Crippen molar-refractivity contribution in [2.24, 2.45) is 0 Å². The third-order valence-electron chi connectivity index (χ3n) is 3.11. The molecule has 0 amide bonds. The molecule has 2 aromatic rings. The summed E-state index contributed by atoms with van der Waals surface area (Å²) in [6.07, 6.45) is 1.67. The molecule has 1 unspecified atom stereocenters. The zero-order valence-electron chi connectivity index (χ0n) is 10.8. The van der Waals surface area contributed by atoms with Crippen LogP contribution in [-0.4, -0.2) is 14.9 Å². The first-order valence-corrected chi connectivity index (χ1v) is 6.74. The maximum Gasteiger partial charge on any atom is 0.129 e. The van der Waals surface area contributed by atoms with Crippen molar-refractivity contribution in [3.63, 3.8) is 0 Å². The Kier molecular flexibility index (Phi) is 3.74. The van der Waals surface area contributed by atoms with Crippen LogP contribution >= 0.6 is 15.9 Å². The Balaban J connectivity index is 2.58. The summed E-state index contributed by atoms with van der Waals surface area (Å²) in [5.74, 6) is 0. The Morgan fingerprint density at radius 3 is 2.89 bits per heavy atom. The molecular formula is C14H14BrN3O. The maximum atomic E-state index is 10.9. The molecular weight excluding hydrogens is 306 g/mol. The molecule has 4 nitrogen and oxygen atoms in total. The van der Waals surface area contributed by atoms with Crippen molar-refractivity contribution in [3.05, 3.63) is 51.8 Å². The van der Waals surface area contributed by atoms with Gasteiger partial charge in [0.15, 0.2) is 0 Å². The molecule has 0 fully saturated rings. The van der Waals surface area contributed by atoms with Gasteiger partial charge in [0, 0.05) is 6.54 Å². The van der Waals surface area contributed by atoms with Gasteiger partial charge >= 0.3 is 0 Å². The van der Waals surface area contributed by atoms with Gasteiger partial charge < -0.3 is 5.11 Å². The zero-order chi connectivity index (χ0) is 14.0. The highest BCUT2D eigenvalue weighted by molar-refractivity contribution is 9.10. The number of aliphatic hydroxyl groups is 1. The van der Waals surface area contributed by atoms with E-state index in [1.165, 1.54) is 0 Å². The predicted molar refractivity (Wildman–Crippen MR) is 75.4 cm³/mol. The number of nitriles is 1. The Morgan fingerprint density at radius 1 is 1.53 bits per heavy atom. The average molecular weight is 320 g/mol.